The van der Waals surface area contributed by atoms with E-state index < -0.39 is 0 Å². The summed E-state index contributed by atoms with van der Waals surface area (Å²) in [6.45, 7) is 1.28. The molecule has 0 saturated carbocycles. The summed E-state index contributed by atoms with van der Waals surface area (Å²) in [6, 6.07) is 1.82. The molecule has 1 aliphatic rings. The van der Waals surface area contributed by atoms with Gasteiger partial charge in [0.2, 0.25) is 5.91 Å². The highest BCUT2D eigenvalue weighted by Gasteiger charge is 2.26. The van der Waals surface area contributed by atoms with Crippen LogP contribution in [0.25, 0.3) is 0 Å². The second-order valence-electron chi connectivity index (χ2n) is 3.33. The standard InChI is InChI=1S/C9H11N3OS/c13-9-3-8(14)5-12(9)4-7-1-2-10-6-11-7/h1-2,6,8,14H,3-5H2. The summed E-state index contributed by atoms with van der Waals surface area (Å²) in [5, 5.41) is 0.171. The largest absolute Gasteiger partial charge is 0.336 e. The molecule has 0 N–H and O–H groups in total. The van der Waals surface area contributed by atoms with Crippen LogP contribution in [0.3, 0.4) is 0 Å². The number of carbonyl (C=O) groups is 1. The zero-order chi connectivity index (χ0) is 9.97. The molecule has 2 rings (SSSR count). The van der Waals surface area contributed by atoms with Crippen molar-refractivity contribution < 1.29 is 4.79 Å². The highest BCUT2D eigenvalue weighted by Crippen LogP contribution is 2.17. The molecular formula is C9H11N3OS. The lowest BCUT2D eigenvalue weighted by molar-refractivity contribution is -0.128. The van der Waals surface area contributed by atoms with Crippen LogP contribution in [0.4, 0.5) is 0 Å². The number of hydrogen-bond acceptors (Lipinski definition) is 4. The molecule has 14 heavy (non-hydrogen) atoms. The normalized spacial score (nSPS) is 21.6. The molecule has 1 saturated heterocycles. The van der Waals surface area contributed by atoms with Crippen LogP contribution in [0.2, 0.25) is 0 Å². The van der Waals surface area contributed by atoms with Crippen LogP contribution in [0, 0.1) is 0 Å². The summed E-state index contributed by atoms with van der Waals surface area (Å²) in [7, 11) is 0. The van der Waals surface area contributed by atoms with Crippen molar-refractivity contribution in [2.75, 3.05) is 6.54 Å². The summed E-state index contributed by atoms with van der Waals surface area (Å²) in [5.74, 6) is 0.156. The number of hydrogen-bond donors (Lipinski definition) is 1. The Bertz CT molecular complexity index is 330. The van der Waals surface area contributed by atoms with Crippen molar-refractivity contribution in [2.24, 2.45) is 0 Å². The molecule has 0 aromatic carbocycles. The van der Waals surface area contributed by atoms with E-state index in [1.807, 2.05) is 6.07 Å². The summed E-state index contributed by atoms with van der Waals surface area (Å²) in [6.07, 6.45) is 3.71. The third-order valence-corrected chi connectivity index (χ3v) is 2.54. The van der Waals surface area contributed by atoms with Crippen molar-refractivity contribution in [3.63, 3.8) is 0 Å². The molecule has 0 aliphatic carbocycles. The minimum absolute atomic E-state index is 0.156. The zero-order valence-electron chi connectivity index (χ0n) is 7.63. The second kappa shape index (κ2) is 3.96. The fourth-order valence-corrected chi connectivity index (χ4v) is 1.86. The van der Waals surface area contributed by atoms with E-state index in [-0.39, 0.29) is 11.2 Å². The summed E-state index contributed by atoms with van der Waals surface area (Å²) in [4.78, 5) is 21.1. The number of amides is 1. The van der Waals surface area contributed by atoms with Crippen molar-refractivity contribution >= 4 is 18.5 Å². The maximum absolute atomic E-state index is 11.4. The Morgan fingerprint density at radius 3 is 3.07 bits per heavy atom. The van der Waals surface area contributed by atoms with E-state index in [9.17, 15) is 4.79 Å². The first kappa shape index (κ1) is 9.45. The van der Waals surface area contributed by atoms with Crippen LogP contribution in [0.1, 0.15) is 12.1 Å². The van der Waals surface area contributed by atoms with E-state index in [0.29, 0.717) is 19.5 Å². The SMILES string of the molecule is O=C1CC(S)CN1Cc1ccncn1. The number of thiol groups is 1. The molecule has 1 atom stereocenters. The predicted molar refractivity (Wildman–Crippen MR) is 54.8 cm³/mol. The maximum atomic E-state index is 11.4. The van der Waals surface area contributed by atoms with E-state index >= 15 is 0 Å². The van der Waals surface area contributed by atoms with Crippen LogP contribution in [-0.2, 0) is 11.3 Å². The van der Waals surface area contributed by atoms with Gasteiger partial charge in [-0.3, -0.25) is 4.79 Å². The van der Waals surface area contributed by atoms with Crippen molar-refractivity contribution in [3.05, 3.63) is 24.3 Å². The Kier molecular flexibility index (Phi) is 2.67. The summed E-state index contributed by atoms with van der Waals surface area (Å²) >= 11 is 4.28. The molecule has 1 aromatic rings. The molecule has 1 amide bonds. The number of aromatic nitrogens is 2. The lowest BCUT2D eigenvalue weighted by atomic mass is 10.4. The van der Waals surface area contributed by atoms with Crippen LogP contribution in [-0.4, -0.2) is 32.6 Å². The summed E-state index contributed by atoms with van der Waals surface area (Å²) in [5.41, 5.74) is 0.871. The molecule has 2 heterocycles. The molecule has 0 radical (unpaired) electrons. The van der Waals surface area contributed by atoms with Crippen molar-refractivity contribution in [1.82, 2.24) is 14.9 Å². The van der Waals surface area contributed by atoms with Gasteiger partial charge in [-0.25, -0.2) is 9.97 Å². The van der Waals surface area contributed by atoms with Gasteiger partial charge in [0.1, 0.15) is 6.33 Å². The van der Waals surface area contributed by atoms with E-state index in [2.05, 4.69) is 22.6 Å². The third-order valence-electron chi connectivity index (χ3n) is 2.19. The van der Waals surface area contributed by atoms with Gasteiger partial charge in [0.25, 0.3) is 0 Å². The average Bonchev–Trinajstić information content (AvgIpc) is 2.47. The number of nitrogens with zero attached hydrogens (tertiary/aromatic N) is 3. The molecule has 4 nitrogen and oxygen atoms in total. The fourth-order valence-electron chi connectivity index (χ4n) is 1.51. The van der Waals surface area contributed by atoms with E-state index in [1.54, 1.807) is 11.1 Å². The van der Waals surface area contributed by atoms with Crippen molar-refractivity contribution in [1.29, 1.82) is 0 Å². The Morgan fingerprint density at radius 1 is 1.64 bits per heavy atom. The Labute approximate surface area is 87.8 Å². The lowest BCUT2D eigenvalue weighted by Gasteiger charge is -2.14. The first-order valence-electron chi connectivity index (χ1n) is 4.46. The van der Waals surface area contributed by atoms with Gasteiger partial charge >= 0.3 is 0 Å². The Hall–Kier alpha value is -1.10. The lowest BCUT2D eigenvalue weighted by Crippen LogP contribution is -2.25. The first-order chi connectivity index (χ1) is 6.75. The molecule has 5 heteroatoms. The molecule has 1 unspecified atom stereocenters. The summed E-state index contributed by atoms with van der Waals surface area (Å²) < 4.78 is 0. The Balaban J connectivity index is 2.02. The van der Waals surface area contributed by atoms with Gasteiger partial charge < -0.3 is 4.90 Å². The van der Waals surface area contributed by atoms with Gasteiger partial charge in [0.05, 0.1) is 12.2 Å². The number of likely N-dealkylation sites (tertiary alicyclic amines) is 1. The van der Waals surface area contributed by atoms with Gasteiger partial charge in [-0.2, -0.15) is 12.6 Å². The molecule has 74 valence electrons. The van der Waals surface area contributed by atoms with Crippen LogP contribution in [0.5, 0.6) is 0 Å². The number of carbonyl (C=O) groups excluding carboxylic acids is 1. The smallest absolute Gasteiger partial charge is 0.224 e. The highest BCUT2D eigenvalue weighted by atomic mass is 32.1. The minimum atomic E-state index is 0.156. The van der Waals surface area contributed by atoms with E-state index in [0.717, 1.165) is 5.69 Å². The van der Waals surface area contributed by atoms with Crippen LogP contribution < -0.4 is 0 Å². The molecule has 1 fully saturated rings. The number of rotatable bonds is 2. The maximum Gasteiger partial charge on any atom is 0.224 e. The molecule has 1 aliphatic heterocycles. The van der Waals surface area contributed by atoms with Crippen LogP contribution >= 0.6 is 12.6 Å². The van der Waals surface area contributed by atoms with Crippen LogP contribution in [0.15, 0.2) is 18.6 Å². The fraction of sp³-hybridized carbons (Fsp3) is 0.444. The molecule has 1 aromatic heterocycles. The molecular weight excluding hydrogens is 198 g/mol. The minimum Gasteiger partial charge on any atom is -0.336 e. The second-order valence-corrected chi connectivity index (χ2v) is 4.06. The molecule has 0 bridgehead atoms. The third kappa shape index (κ3) is 2.04. The van der Waals surface area contributed by atoms with Gasteiger partial charge in [0.15, 0.2) is 0 Å². The van der Waals surface area contributed by atoms with Crippen molar-refractivity contribution in [3.8, 4) is 0 Å². The van der Waals surface area contributed by atoms with E-state index in [1.165, 1.54) is 6.33 Å². The highest BCUT2D eigenvalue weighted by molar-refractivity contribution is 7.81. The predicted octanol–water partition coefficient (Wildman–Crippen LogP) is 0.507. The first-order valence-corrected chi connectivity index (χ1v) is 4.98. The van der Waals surface area contributed by atoms with Gasteiger partial charge in [-0.1, -0.05) is 0 Å². The van der Waals surface area contributed by atoms with Crippen molar-refractivity contribution in [2.45, 2.75) is 18.2 Å². The monoisotopic (exact) mass is 209 g/mol. The van der Waals surface area contributed by atoms with E-state index in [4.69, 9.17) is 0 Å². The average molecular weight is 209 g/mol. The van der Waals surface area contributed by atoms with Gasteiger partial charge in [-0.05, 0) is 6.07 Å². The molecule has 0 spiro atoms. The Morgan fingerprint density at radius 2 is 2.50 bits per heavy atom. The topological polar surface area (TPSA) is 46.1 Å². The van der Waals surface area contributed by atoms with Gasteiger partial charge in [-0.15, -0.1) is 0 Å². The zero-order valence-corrected chi connectivity index (χ0v) is 8.52. The quantitative estimate of drug-likeness (QED) is 0.722. The van der Waals surface area contributed by atoms with Gasteiger partial charge in [0, 0.05) is 24.4 Å².